The molecule has 0 spiro atoms. The highest BCUT2D eigenvalue weighted by atomic mass is 32.2. The minimum atomic E-state index is -4.06. The Kier molecular flexibility index (Phi) is 6.20. The molecule has 0 aromatic heterocycles. The van der Waals surface area contributed by atoms with Gasteiger partial charge in [-0.25, -0.2) is 13.1 Å². The summed E-state index contributed by atoms with van der Waals surface area (Å²) in [5.74, 6) is 5.70. The number of nitrogen functional groups attached to an aromatic ring is 1. The molecule has 1 aromatic carbocycles. The smallest absolute Gasteiger partial charge is 0.291 e. The van der Waals surface area contributed by atoms with Crippen molar-refractivity contribution >= 4 is 32.2 Å². The number of nitrogens with one attached hydrogen (secondary N) is 2. The number of nitrogens with two attached hydrogens (primary N) is 1. The number of benzene rings is 1. The van der Waals surface area contributed by atoms with Crippen LogP contribution in [0.2, 0.25) is 0 Å². The molecular weight excluding hydrogens is 320 g/mol. The fourth-order valence-electron chi connectivity index (χ4n) is 1.49. The summed E-state index contributed by atoms with van der Waals surface area (Å²) in [5.41, 5.74) is 1.83. The maximum atomic E-state index is 12.1. The van der Waals surface area contributed by atoms with Crippen LogP contribution in [0.3, 0.4) is 0 Å². The molecule has 11 heteroatoms. The Hall–Kier alpha value is -1.56. The van der Waals surface area contributed by atoms with Crippen LogP contribution in [0.15, 0.2) is 23.1 Å². The van der Waals surface area contributed by atoms with Gasteiger partial charge in [-0.3, -0.25) is 20.2 Å². The summed E-state index contributed by atoms with van der Waals surface area (Å²) in [6, 6.07) is 3.43. The third kappa shape index (κ3) is 4.74. The lowest BCUT2D eigenvalue weighted by molar-refractivity contribution is -0.387. The average Bonchev–Trinajstić information content (AvgIpc) is 2.45. The number of rotatable bonds is 8. The Morgan fingerprint density at radius 2 is 2.10 bits per heavy atom. The molecule has 1 unspecified atom stereocenters. The standard InChI is InChI=1S/C10H16N4O5S2/c1-2-20(17)6-5-12-21(18,19)10-4-3-8(13-11)7-9(10)14(15)16/h3-4,7,12-13H,2,5-6,11H2,1H3. The molecule has 0 radical (unpaired) electrons. The molecule has 0 saturated heterocycles. The van der Waals surface area contributed by atoms with Crippen LogP contribution in [0.4, 0.5) is 11.4 Å². The van der Waals surface area contributed by atoms with Crippen molar-refractivity contribution in [2.24, 2.45) is 5.84 Å². The number of hydrazine groups is 1. The maximum Gasteiger partial charge on any atom is 0.291 e. The summed E-state index contributed by atoms with van der Waals surface area (Å²) in [7, 11) is -5.18. The van der Waals surface area contributed by atoms with E-state index in [0.29, 0.717) is 5.75 Å². The first-order valence-electron chi connectivity index (χ1n) is 5.91. The van der Waals surface area contributed by atoms with Crippen LogP contribution in [-0.4, -0.2) is 35.6 Å². The van der Waals surface area contributed by atoms with Gasteiger partial charge < -0.3 is 5.43 Å². The molecule has 0 amide bonds. The first-order valence-corrected chi connectivity index (χ1v) is 8.88. The van der Waals surface area contributed by atoms with Crippen LogP contribution >= 0.6 is 0 Å². The SMILES string of the molecule is CCS(=O)CCNS(=O)(=O)c1ccc(NN)cc1[N+](=O)[O-]. The quantitative estimate of drug-likeness (QED) is 0.342. The van der Waals surface area contributed by atoms with E-state index in [1.165, 1.54) is 6.07 Å². The highest BCUT2D eigenvalue weighted by molar-refractivity contribution is 7.89. The molecule has 0 aliphatic carbocycles. The van der Waals surface area contributed by atoms with E-state index >= 15 is 0 Å². The Bertz CT molecular complexity index is 647. The average molecular weight is 336 g/mol. The summed E-state index contributed by atoms with van der Waals surface area (Å²) in [4.78, 5) is 9.69. The van der Waals surface area contributed by atoms with Gasteiger partial charge in [-0.2, -0.15) is 0 Å². The molecule has 1 rings (SSSR count). The first-order chi connectivity index (χ1) is 9.81. The van der Waals surface area contributed by atoms with Gasteiger partial charge in [0, 0.05) is 34.9 Å². The fourth-order valence-corrected chi connectivity index (χ4v) is 3.42. The van der Waals surface area contributed by atoms with Gasteiger partial charge in [-0.05, 0) is 12.1 Å². The van der Waals surface area contributed by atoms with Gasteiger partial charge in [0.05, 0.1) is 10.6 Å². The second kappa shape index (κ2) is 7.45. The highest BCUT2D eigenvalue weighted by Crippen LogP contribution is 2.26. The molecule has 1 aromatic rings. The molecule has 4 N–H and O–H groups in total. The predicted octanol–water partition coefficient (Wildman–Crippen LogP) is -0.0727. The number of nitro groups is 1. The Morgan fingerprint density at radius 1 is 1.43 bits per heavy atom. The van der Waals surface area contributed by atoms with Gasteiger partial charge in [-0.15, -0.1) is 0 Å². The van der Waals surface area contributed by atoms with Crippen LogP contribution in [0.1, 0.15) is 6.92 Å². The number of hydrogen-bond acceptors (Lipinski definition) is 7. The number of hydrogen-bond donors (Lipinski definition) is 3. The first kappa shape index (κ1) is 17.5. The van der Waals surface area contributed by atoms with Crippen LogP contribution in [-0.2, 0) is 20.8 Å². The zero-order valence-electron chi connectivity index (χ0n) is 11.2. The normalized spacial score (nSPS) is 12.9. The summed E-state index contributed by atoms with van der Waals surface area (Å²) in [6.45, 7) is 1.66. The van der Waals surface area contributed by atoms with Crippen molar-refractivity contribution in [1.82, 2.24) is 4.72 Å². The molecule has 118 valence electrons. The molecule has 0 heterocycles. The van der Waals surface area contributed by atoms with Gasteiger partial charge in [-0.1, -0.05) is 6.92 Å². The number of nitrogens with zero attached hydrogens (tertiary/aromatic N) is 1. The summed E-state index contributed by atoms with van der Waals surface area (Å²) in [5, 5.41) is 11.0. The molecular formula is C10H16N4O5S2. The predicted molar refractivity (Wildman–Crippen MR) is 79.6 cm³/mol. The second-order valence-electron chi connectivity index (χ2n) is 3.91. The van der Waals surface area contributed by atoms with E-state index in [1.54, 1.807) is 6.92 Å². The third-order valence-corrected chi connectivity index (χ3v) is 5.37. The Labute approximate surface area is 124 Å². The lowest BCUT2D eigenvalue weighted by Crippen LogP contribution is -2.28. The van der Waals surface area contributed by atoms with Crippen LogP contribution < -0.4 is 16.0 Å². The van der Waals surface area contributed by atoms with Crippen LogP contribution in [0, 0.1) is 10.1 Å². The third-order valence-electron chi connectivity index (χ3n) is 2.56. The van der Waals surface area contributed by atoms with E-state index in [9.17, 15) is 22.7 Å². The van der Waals surface area contributed by atoms with Gasteiger partial charge >= 0.3 is 0 Å². The summed E-state index contributed by atoms with van der Waals surface area (Å²) < 4.78 is 37.6. The minimum absolute atomic E-state index is 0.0587. The maximum absolute atomic E-state index is 12.1. The number of anilines is 1. The van der Waals surface area contributed by atoms with Gasteiger partial charge in [0.25, 0.3) is 5.69 Å². The van der Waals surface area contributed by atoms with Crippen molar-refractivity contribution in [2.75, 3.05) is 23.5 Å². The van der Waals surface area contributed by atoms with E-state index in [4.69, 9.17) is 5.84 Å². The van der Waals surface area contributed by atoms with Crippen molar-refractivity contribution in [3.8, 4) is 0 Å². The topological polar surface area (TPSA) is 144 Å². The van der Waals surface area contributed by atoms with Crippen molar-refractivity contribution in [2.45, 2.75) is 11.8 Å². The van der Waals surface area contributed by atoms with E-state index in [-0.39, 0.29) is 18.0 Å². The Balaban J connectivity index is 3.02. The fraction of sp³-hybridized carbons (Fsp3) is 0.400. The van der Waals surface area contributed by atoms with Gasteiger partial charge in [0.15, 0.2) is 4.90 Å². The van der Waals surface area contributed by atoms with E-state index in [2.05, 4.69) is 10.1 Å². The minimum Gasteiger partial charge on any atom is -0.324 e. The molecule has 9 nitrogen and oxygen atoms in total. The molecule has 0 aliphatic rings. The van der Waals surface area contributed by atoms with E-state index in [0.717, 1.165) is 12.1 Å². The molecule has 0 aliphatic heterocycles. The molecule has 21 heavy (non-hydrogen) atoms. The molecule has 0 bridgehead atoms. The Morgan fingerprint density at radius 3 is 2.62 bits per heavy atom. The largest absolute Gasteiger partial charge is 0.324 e. The lowest BCUT2D eigenvalue weighted by atomic mass is 10.3. The second-order valence-corrected chi connectivity index (χ2v) is 7.51. The van der Waals surface area contributed by atoms with Crippen molar-refractivity contribution in [3.63, 3.8) is 0 Å². The van der Waals surface area contributed by atoms with Crippen molar-refractivity contribution in [1.29, 1.82) is 0 Å². The van der Waals surface area contributed by atoms with E-state index < -0.39 is 36.3 Å². The van der Waals surface area contributed by atoms with E-state index in [1.807, 2.05) is 0 Å². The molecule has 1 atom stereocenters. The molecule has 0 saturated carbocycles. The zero-order valence-corrected chi connectivity index (χ0v) is 12.9. The summed E-state index contributed by atoms with van der Waals surface area (Å²) >= 11 is 0. The number of nitro benzene ring substituents is 1. The van der Waals surface area contributed by atoms with Crippen molar-refractivity contribution < 1.29 is 17.6 Å². The van der Waals surface area contributed by atoms with Gasteiger partial charge in [0.2, 0.25) is 10.0 Å². The van der Waals surface area contributed by atoms with Crippen LogP contribution in [0.5, 0.6) is 0 Å². The summed E-state index contributed by atoms with van der Waals surface area (Å²) in [6.07, 6.45) is 0. The van der Waals surface area contributed by atoms with Gasteiger partial charge in [0.1, 0.15) is 0 Å². The monoisotopic (exact) mass is 336 g/mol. The zero-order chi connectivity index (χ0) is 16.0. The highest BCUT2D eigenvalue weighted by Gasteiger charge is 2.25. The van der Waals surface area contributed by atoms with Crippen molar-refractivity contribution in [3.05, 3.63) is 28.3 Å². The van der Waals surface area contributed by atoms with Crippen LogP contribution in [0.25, 0.3) is 0 Å². The number of sulfonamides is 1. The molecule has 0 fully saturated rings. The lowest BCUT2D eigenvalue weighted by Gasteiger charge is -2.08.